The molecule has 1 aromatic heterocycles. The van der Waals surface area contributed by atoms with Crippen LogP contribution in [0, 0.1) is 17.3 Å². The van der Waals surface area contributed by atoms with Gasteiger partial charge in [-0.15, -0.1) is 11.3 Å². The van der Waals surface area contributed by atoms with Crippen LogP contribution in [0.5, 0.6) is 0 Å². The summed E-state index contributed by atoms with van der Waals surface area (Å²) < 4.78 is 2.70. The number of benzene rings is 4. The zero-order chi connectivity index (χ0) is 32.5. The van der Waals surface area contributed by atoms with Gasteiger partial charge < -0.3 is 0 Å². The van der Waals surface area contributed by atoms with Crippen molar-refractivity contribution < 1.29 is 0 Å². The van der Waals surface area contributed by atoms with Gasteiger partial charge in [0.15, 0.2) is 11.7 Å². The van der Waals surface area contributed by atoms with Gasteiger partial charge in [-0.1, -0.05) is 109 Å². The van der Waals surface area contributed by atoms with E-state index in [1.54, 1.807) is 0 Å². The third-order valence-electron chi connectivity index (χ3n) is 9.87. The molecule has 0 spiro atoms. The summed E-state index contributed by atoms with van der Waals surface area (Å²) in [5, 5.41) is 2.68. The molecule has 48 heavy (non-hydrogen) atoms. The van der Waals surface area contributed by atoms with E-state index >= 15 is 0 Å². The molecule has 3 aliphatic carbocycles. The maximum atomic E-state index is 5.14. The van der Waals surface area contributed by atoms with Crippen molar-refractivity contribution in [2.45, 2.75) is 45.4 Å². The molecule has 1 unspecified atom stereocenters. The SMILES string of the molecule is C=NC(=NC(=NCC1(C)C#CC=CCC1)c1ccccc1)C1=CC2=C(CCC1)c1cccc(-c3cccc4c3sc3ccccc34)c1C2. The Hall–Kier alpha value is -5.11. The molecule has 0 fully saturated rings. The maximum Gasteiger partial charge on any atom is 0.157 e. The quantitative estimate of drug-likeness (QED) is 0.104. The minimum Gasteiger partial charge on any atom is -0.265 e. The fraction of sp³-hybridized carbons (Fsp3) is 0.205. The van der Waals surface area contributed by atoms with Crippen molar-refractivity contribution in [1.82, 2.24) is 0 Å². The maximum absolute atomic E-state index is 5.14. The highest BCUT2D eigenvalue weighted by Gasteiger charge is 2.27. The molecule has 4 heteroatoms. The fourth-order valence-corrected chi connectivity index (χ4v) is 8.60. The van der Waals surface area contributed by atoms with Crippen molar-refractivity contribution in [2.75, 3.05) is 6.54 Å². The minimum absolute atomic E-state index is 0.199. The van der Waals surface area contributed by atoms with E-state index in [1.165, 1.54) is 53.6 Å². The van der Waals surface area contributed by atoms with Crippen molar-refractivity contribution in [3.05, 3.63) is 137 Å². The molecule has 1 heterocycles. The second kappa shape index (κ2) is 12.8. The largest absolute Gasteiger partial charge is 0.265 e. The first-order chi connectivity index (χ1) is 23.6. The second-order valence-electron chi connectivity index (χ2n) is 13.2. The molecule has 4 aromatic carbocycles. The van der Waals surface area contributed by atoms with Crippen molar-refractivity contribution in [3.8, 4) is 23.0 Å². The lowest BCUT2D eigenvalue weighted by Gasteiger charge is -2.20. The Morgan fingerprint density at radius 3 is 2.54 bits per heavy atom. The Kier molecular flexibility index (Phi) is 8.08. The summed E-state index contributed by atoms with van der Waals surface area (Å²) in [6.45, 7) is 6.77. The minimum atomic E-state index is -0.199. The van der Waals surface area contributed by atoms with Gasteiger partial charge in [-0.05, 0) is 103 Å². The summed E-state index contributed by atoms with van der Waals surface area (Å²) in [7, 11) is 0. The van der Waals surface area contributed by atoms with E-state index in [1.807, 2.05) is 35.6 Å². The summed E-state index contributed by atoms with van der Waals surface area (Å²) in [6, 6.07) is 32.6. The molecule has 234 valence electrons. The van der Waals surface area contributed by atoms with Gasteiger partial charge in [0.25, 0.3) is 0 Å². The highest BCUT2D eigenvalue weighted by molar-refractivity contribution is 7.26. The standard InChI is InChI=1S/C44H37N3S/c1-44(25-10-3-4-11-26-44)29-46-43(30-15-6-5-7-16-30)47-42(45-2)31-17-12-19-33-32(27-31)28-39-34(33)20-13-21-35(39)37-22-14-23-38-36-18-8-9-24-40(36)48-41(37)38/h3-9,13-16,18,20-24,27H,2,10,12,17,19,25,28-29H2,1H3. The smallest absolute Gasteiger partial charge is 0.157 e. The summed E-state index contributed by atoms with van der Waals surface area (Å²) in [5.74, 6) is 7.97. The highest BCUT2D eigenvalue weighted by Crippen LogP contribution is 2.46. The van der Waals surface area contributed by atoms with Crippen LogP contribution >= 0.6 is 11.3 Å². The van der Waals surface area contributed by atoms with Crippen molar-refractivity contribution in [3.63, 3.8) is 0 Å². The molecule has 3 aliphatic rings. The Balaban J connectivity index is 1.16. The summed E-state index contributed by atoms with van der Waals surface area (Å²) >= 11 is 1.90. The topological polar surface area (TPSA) is 37.1 Å². The van der Waals surface area contributed by atoms with E-state index in [0.717, 1.165) is 49.7 Å². The van der Waals surface area contributed by atoms with E-state index < -0.39 is 0 Å². The van der Waals surface area contributed by atoms with Gasteiger partial charge in [0.2, 0.25) is 0 Å². The van der Waals surface area contributed by atoms with E-state index in [9.17, 15) is 0 Å². The number of allylic oxidation sites excluding steroid dienone is 5. The van der Waals surface area contributed by atoms with E-state index in [0.29, 0.717) is 18.2 Å². The second-order valence-corrected chi connectivity index (χ2v) is 14.2. The Labute approximate surface area is 286 Å². The number of hydrogen-bond acceptors (Lipinski definition) is 2. The lowest BCUT2D eigenvalue weighted by atomic mass is 9.87. The van der Waals surface area contributed by atoms with Gasteiger partial charge in [-0.3, -0.25) is 4.99 Å². The Morgan fingerprint density at radius 2 is 1.65 bits per heavy atom. The summed E-state index contributed by atoms with van der Waals surface area (Å²) in [5.41, 5.74) is 10.2. The molecule has 5 aromatic rings. The number of thiophene rings is 1. The Morgan fingerprint density at radius 1 is 0.854 bits per heavy atom. The van der Waals surface area contributed by atoms with Gasteiger partial charge in [0.05, 0.1) is 6.54 Å². The molecule has 3 nitrogen and oxygen atoms in total. The predicted molar refractivity (Wildman–Crippen MR) is 206 cm³/mol. The molecular formula is C44H37N3S. The van der Waals surface area contributed by atoms with Crippen LogP contribution in [0.2, 0.25) is 0 Å². The van der Waals surface area contributed by atoms with Crippen molar-refractivity contribution >= 4 is 55.5 Å². The van der Waals surface area contributed by atoms with E-state index in [4.69, 9.17) is 9.98 Å². The number of rotatable bonds is 5. The van der Waals surface area contributed by atoms with E-state index in [2.05, 4.69) is 115 Å². The van der Waals surface area contributed by atoms with Crippen LogP contribution in [-0.4, -0.2) is 24.9 Å². The van der Waals surface area contributed by atoms with Crippen molar-refractivity contribution in [1.29, 1.82) is 0 Å². The zero-order valence-electron chi connectivity index (χ0n) is 27.3. The van der Waals surface area contributed by atoms with Gasteiger partial charge in [-0.2, -0.15) is 0 Å². The molecule has 0 saturated carbocycles. The van der Waals surface area contributed by atoms with Gasteiger partial charge in [-0.25, -0.2) is 9.98 Å². The van der Waals surface area contributed by atoms with Gasteiger partial charge in [0.1, 0.15) is 0 Å². The number of fused-ring (bicyclic) bond motifs is 5. The van der Waals surface area contributed by atoms with Crippen LogP contribution in [0.4, 0.5) is 0 Å². The fourth-order valence-electron chi connectivity index (χ4n) is 7.37. The van der Waals surface area contributed by atoms with Crippen LogP contribution < -0.4 is 0 Å². The number of hydrogen-bond donors (Lipinski definition) is 0. The molecule has 0 radical (unpaired) electrons. The van der Waals surface area contributed by atoms with Crippen molar-refractivity contribution in [2.24, 2.45) is 20.4 Å². The number of nitrogens with zero attached hydrogens (tertiary/aromatic N) is 3. The van der Waals surface area contributed by atoms with Crippen LogP contribution in [0.25, 0.3) is 36.9 Å². The monoisotopic (exact) mass is 639 g/mol. The predicted octanol–water partition coefficient (Wildman–Crippen LogP) is 11.0. The van der Waals surface area contributed by atoms with Gasteiger partial charge in [0, 0.05) is 31.2 Å². The zero-order valence-corrected chi connectivity index (χ0v) is 28.1. The number of amidine groups is 2. The molecule has 8 rings (SSSR count). The average Bonchev–Trinajstić information content (AvgIpc) is 3.49. The lowest BCUT2D eigenvalue weighted by molar-refractivity contribution is 0.430. The summed E-state index contributed by atoms with van der Waals surface area (Å²) in [4.78, 5) is 14.8. The molecular weight excluding hydrogens is 603 g/mol. The highest BCUT2D eigenvalue weighted by atomic mass is 32.1. The Bertz CT molecular complexity index is 2300. The van der Waals surface area contributed by atoms with Crippen LogP contribution in [0.3, 0.4) is 0 Å². The third-order valence-corrected chi connectivity index (χ3v) is 11.1. The number of aliphatic imine (C=N–C) groups is 3. The molecule has 1 atom stereocenters. The molecule has 0 saturated heterocycles. The normalized spacial score (nSPS) is 19.3. The molecule has 0 aliphatic heterocycles. The summed E-state index contributed by atoms with van der Waals surface area (Å²) in [6.07, 6.45) is 12.3. The van der Waals surface area contributed by atoms with Crippen LogP contribution in [0.1, 0.15) is 55.7 Å². The molecule has 0 N–H and O–H groups in total. The first kappa shape index (κ1) is 30.2. The average molecular weight is 640 g/mol. The van der Waals surface area contributed by atoms with Gasteiger partial charge >= 0.3 is 0 Å². The van der Waals surface area contributed by atoms with Crippen LogP contribution in [-0.2, 0) is 6.42 Å². The molecule has 0 bridgehead atoms. The first-order valence-corrected chi connectivity index (χ1v) is 17.7. The van der Waals surface area contributed by atoms with E-state index in [-0.39, 0.29) is 5.41 Å². The first-order valence-electron chi connectivity index (χ1n) is 16.9. The van der Waals surface area contributed by atoms with Crippen LogP contribution in [0.15, 0.2) is 135 Å². The lowest BCUT2D eigenvalue weighted by Crippen LogP contribution is -2.19. The molecule has 0 amide bonds. The third kappa shape index (κ3) is 5.69.